The van der Waals surface area contributed by atoms with E-state index in [4.69, 9.17) is 4.74 Å². The van der Waals surface area contributed by atoms with Gasteiger partial charge < -0.3 is 9.64 Å². The van der Waals surface area contributed by atoms with Gasteiger partial charge >= 0.3 is 0 Å². The molecule has 3 rings (SSSR count). The minimum atomic E-state index is -0.0447. The van der Waals surface area contributed by atoms with Crippen LogP contribution in [0.5, 0.6) is 5.75 Å². The molecule has 0 aromatic heterocycles. The molecule has 3 nitrogen and oxygen atoms in total. The summed E-state index contributed by atoms with van der Waals surface area (Å²) in [4.78, 5) is 14.3. The Morgan fingerprint density at radius 2 is 1.44 bits per heavy atom. The smallest absolute Gasteiger partial charge is 0.254 e. The van der Waals surface area contributed by atoms with Gasteiger partial charge in [0.25, 0.3) is 5.91 Å². The molecule has 126 valence electrons. The number of methoxy groups -OCH3 is 1. The highest BCUT2D eigenvalue weighted by Crippen LogP contribution is 2.39. The van der Waals surface area contributed by atoms with Crippen molar-refractivity contribution in [2.24, 2.45) is 0 Å². The summed E-state index contributed by atoms with van der Waals surface area (Å²) in [6.07, 6.45) is 0. The van der Waals surface area contributed by atoms with E-state index in [-0.39, 0.29) is 5.91 Å². The molecule has 1 amide bonds. The normalized spacial score (nSPS) is 10.4. The Hall–Kier alpha value is -3.07. The van der Waals surface area contributed by atoms with Crippen molar-refractivity contribution in [2.75, 3.05) is 21.2 Å². The van der Waals surface area contributed by atoms with Crippen LogP contribution in [-0.4, -0.2) is 32.0 Å². The Labute approximate surface area is 148 Å². The Morgan fingerprint density at radius 1 is 0.800 bits per heavy atom. The van der Waals surface area contributed by atoms with Crippen molar-refractivity contribution < 1.29 is 9.53 Å². The Bertz CT molecular complexity index is 886. The maximum absolute atomic E-state index is 12.7. The predicted octanol–water partition coefficient (Wildman–Crippen LogP) is 4.73. The molecule has 0 unspecified atom stereocenters. The molecule has 0 fully saturated rings. The van der Waals surface area contributed by atoms with E-state index in [0.717, 1.165) is 22.3 Å². The quantitative estimate of drug-likeness (QED) is 0.691. The van der Waals surface area contributed by atoms with Gasteiger partial charge in [-0.2, -0.15) is 0 Å². The molecule has 3 aromatic carbocycles. The molecule has 0 aliphatic heterocycles. The van der Waals surface area contributed by atoms with Gasteiger partial charge in [-0.1, -0.05) is 60.7 Å². The molecule has 3 heteroatoms. The average Bonchev–Trinajstić information content (AvgIpc) is 2.67. The van der Waals surface area contributed by atoms with Crippen molar-refractivity contribution in [2.45, 2.75) is 0 Å². The van der Waals surface area contributed by atoms with Crippen LogP contribution < -0.4 is 4.74 Å². The molecule has 0 atom stereocenters. The number of carbonyl (C=O) groups excluding carboxylic acids is 1. The van der Waals surface area contributed by atoms with Crippen LogP contribution in [0.15, 0.2) is 72.8 Å². The summed E-state index contributed by atoms with van der Waals surface area (Å²) in [6, 6.07) is 23.9. The van der Waals surface area contributed by atoms with Crippen molar-refractivity contribution in [1.29, 1.82) is 0 Å². The lowest BCUT2D eigenvalue weighted by Crippen LogP contribution is -2.22. The molecule has 0 N–H and O–H groups in total. The maximum atomic E-state index is 12.7. The van der Waals surface area contributed by atoms with Gasteiger partial charge in [0.1, 0.15) is 5.75 Å². The van der Waals surface area contributed by atoms with Crippen LogP contribution in [0.1, 0.15) is 10.4 Å². The number of rotatable bonds is 4. The average molecular weight is 331 g/mol. The highest BCUT2D eigenvalue weighted by Gasteiger charge is 2.20. The topological polar surface area (TPSA) is 29.5 Å². The van der Waals surface area contributed by atoms with Crippen molar-refractivity contribution in [3.63, 3.8) is 0 Å². The molecule has 25 heavy (non-hydrogen) atoms. The minimum absolute atomic E-state index is 0.0447. The van der Waals surface area contributed by atoms with Crippen LogP contribution in [-0.2, 0) is 0 Å². The fourth-order valence-electron chi connectivity index (χ4n) is 2.97. The van der Waals surface area contributed by atoms with E-state index in [1.807, 2.05) is 54.6 Å². The van der Waals surface area contributed by atoms with Gasteiger partial charge in [-0.25, -0.2) is 0 Å². The third-order valence-corrected chi connectivity index (χ3v) is 4.16. The maximum Gasteiger partial charge on any atom is 0.254 e. The lowest BCUT2D eigenvalue weighted by molar-refractivity contribution is 0.0828. The molecule has 0 spiro atoms. The minimum Gasteiger partial charge on any atom is -0.496 e. The number of carbonyl (C=O) groups is 1. The third kappa shape index (κ3) is 3.26. The SMILES string of the molecule is COc1cccc(C(=O)N(C)C)c1-c1ccccc1-c1ccccc1. The van der Waals surface area contributed by atoms with E-state index in [0.29, 0.717) is 11.3 Å². The van der Waals surface area contributed by atoms with Gasteiger partial charge in [0.05, 0.1) is 12.7 Å². The standard InChI is InChI=1S/C22H21NO2/c1-23(2)22(24)19-14-9-15-20(25-3)21(19)18-13-8-7-12-17(18)16-10-5-4-6-11-16/h4-15H,1-3H3. The zero-order valence-corrected chi connectivity index (χ0v) is 14.7. The van der Waals surface area contributed by atoms with E-state index in [2.05, 4.69) is 18.2 Å². The van der Waals surface area contributed by atoms with E-state index in [1.54, 1.807) is 26.1 Å². The largest absolute Gasteiger partial charge is 0.496 e. The highest BCUT2D eigenvalue weighted by atomic mass is 16.5. The van der Waals surface area contributed by atoms with Gasteiger partial charge in [0, 0.05) is 19.7 Å². The summed E-state index contributed by atoms with van der Waals surface area (Å²) in [5.41, 5.74) is 4.61. The van der Waals surface area contributed by atoms with Crippen LogP contribution in [0.25, 0.3) is 22.3 Å². The van der Waals surface area contributed by atoms with Gasteiger partial charge in [-0.15, -0.1) is 0 Å². The van der Waals surface area contributed by atoms with Crippen molar-refractivity contribution in [3.05, 3.63) is 78.4 Å². The summed E-state index contributed by atoms with van der Waals surface area (Å²) < 4.78 is 5.59. The first-order chi connectivity index (χ1) is 12.1. The first-order valence-electron chi connectivity index (χ1n) is 8.17. The number of hydrogen-bond acceptors (Lipinski definition) is 2. The summed E-state index contributed by atoms with van der Waals surface area (Å²) >= 11 is 0. The molecule has 0 aliphatic carbocycles. The molecule has 0 bridgehead atoms. The van der Waals surface area contributed by atoms with Gasteiger partial charge in [0.2, 0.25) is 0 Å². The summed E-state index contributed by atoms with van der Waals surface area (Å²) in [6.45, 7) is 0. The van der Waals surface area contributed by atoms with Crippen molar-refractivity contribution in [3.8, 4) is 28.0 Å². The number of nitrogens with zero attached hydrogens (tertiary/aromatic N) is 1. The van der Waals surface area contributed by atoms with Crippen molar-refractivity contribution in [1.82, 2.24) is 4.90 Å². The lowest BCUT2D eigenvalue weighted by atomic mass is 9.90. The lowest BCUT2D eigenvalue weighted by Gasteiger charge is -2.19. The molecular weight excluding hydrogens is 310 g/mol. The fraction of sp³-hybridized carbons (Fsp3) is 0.136. The molecular formula is C22H21NO2. The monoisotopic (exact) mass is 331 g/mol. The zero-order valence-electron chi connectivity index (χ0n) is 14.7. The number of benzene rings is 3. The predicted molar refractivity (Wildman–Crippen MR) is 102 cm³/mol. The van der Waals surface area contributed by atoms with Crippen molar-refractivity contribution >= 4 is 5.91 Å². The highest BCUT2D eigenvalue weighted by molar-refractivity contribution is 6.04. The van der Waals surface area contributed by atoms with E-state index in [1.165, 1.54) is 0 Å². The molecule has 0 heterocycles. The van der Waals surface area contributed by atoms with Crippen LogP contribution in [0.2, 0.25) is 0 Å². The van der Waals surface area contributed by atoms with E-state index in [9.17, 15) is 4.79 Å². The second-order valence-corrected chi connectivity index (χ2v) is 5.99. The number of amides is 1. The molecule has 3 aromatic rings. The van der Waals surface area contributed by atoms with Crippen LogP contribution >= 0.6 is 0 Å². The Balaban J connectivity index is 2.29. The van der Waals surface area contributed by atoms with Crippen LogP contribution in [0, 0.1) is 0 Å². The zero-order chi connectivity index (χ0) is 17.8. The van der Waals surface area contributed by atoms with Gasteiger partial charge in [-0.05, 0) is 28.8 Å². The van der Waals surface area contributed by atoms with Gasteiger partial charge in [0.15, 0.2) is 0 Å². The summed E-state index contributed by atoms with van der Waals surface area (Å²) in [5, 5.41) is 0. The number of hydrogen-bond donors (Lipinski definition) is 0. The third-order valence-electron chi connectivity index (χ3n) is 4.16. The molecule has 0 saturated carbocycles. The molecule has 0 aliphatic rings. The summed E-state index contributed by atoms with van der Waals surface area (Å²) in [7, 11) is 5.15. The molecule has 0 saturated heterocycles. The van der Waals surface area contributed by atoms with Gasteiger partial charge in [-0.3, -0.25) is 4.79 Å². The van der Waals surface area contributed by atoms with E-state index >= 15 is 0 Å². The van der Waals surface area contributed by atoms with Crippen LogP contribution in [0.3, 0.4) is 0 Å². The molecule has 0 radical (unpaired) electrons. The van der Waals surface area contributed by atoms with Crippen LogP contribution in [0.4, 0.5) is 0 Å². The first-order valence-corrected chi connectivity index (χ1v) is 8.17. The second-order valence-electron chi connectivity index (χ2n) is 5.99. The van der Waals surface area contributed by atoms with E-state index < -0.39 is 0 Å². The fourth-order valence-corrected chi connectivity index (χ4v) is 2.97. The first kappa shape index (κ1) is 16.8. The summed E-state index contributed by atoms with van der Waals surface area (Å²) in [5.74, 6) is 0.646. The second kappa shape index (κ2) is 7.22. The Kier molecular flexibility index (Phi) is 4.85. The Morgan fingerprint density at radius 3 is 2.08 bits per heavy atom. The number of ether oxygens (including phenoxy) is 1.